The Bertz CT molecular complexity index is 649. The van der Waals surface area contributed by atoms with Gasteiger partial charge in [-0.3, -0.25) is 9.59 Å². The smallest absolute Gasteiger partial charge is 0.263 e. The molecule has 0 N–H and O–H groups in total. The lowest BCUT2D eigenvalue weighted by molar-refractivity contribution is 0.107. The number of carbonyl (C=O) groups is 1. The second kappa shape index (κ2) is 5.38. The van der Waals surface area contributed by atoms with Crippen LogP contribution >= 0.6 is 23.2 Å². The topological polar surface area (TPSA) is 39.1 Å². The van der Waals surface area contributed by atoms with Crippen molar-refractivity contribution >= 4 is 28.4 Å². The van der Waals surface area contributed by atoms with Crippen LogP contribution in [0.4, 0.5) is 0 Å². The number of hydrogen-bond acceptors (Lipinski definition) is 2. The summed E-state index contributed by atoms with van der Waals surface area (Å²) in [5.74, 6) is 0. The third-order valence-electron chi connectivity index (χ3n) is 2.47. The molecule has 1 aromatic carbocycles. The molecule has 92 valence electrons. The fraction of sp³-hybridized carbons (Fsp3) is 0.0769. The maximum atomic E-state index is 11.9. The minimum Gasteiger partial charge on any atom is -0.310 e. The summed E-state index contributed by atoms with van der Waals surface area (Å²) in [5, 5.41) is -0.148. The van der Waals surface area contributed by atoms with E-state index >= 15 is 0 Å². The second-order valence-electron chi connectivity index (χ2n) is 3.76. The first kappa shape index (κ1) is 12.9. The van der Waals surface area contributed by atoms with E-state index in [1.54, 1.807) is 30.5 Å². The largest absolute Gasteiger partial charge is 0.310 e. The van der Waals surface area contributed by atoms with Crippen LogP contribution in [0.2, 0.25) is 5.02 Å². The van der Waals surface area contributed by atoms with Gasteiger partial charge in [-0.1, -0.05) is 23.7 Å². The van der Waals surface area contributed by atoms with Crippen molar-refractivity contribution in [2.24, 2.45) is 0 Å². The maximum absolute atomic E-state index is 11.9. The number of halogens is 2. The van der Waals surface area contributed by atoms with Crippen LogP contribution in [0.5, 0.6) is 0 Å². The van der Waals surface area contributed by atoms with E-state index in [2.05, 4.69) is 0 Å². The van der Waals surface area contributed by atoms with E-state index in [-0.39, 0.29) is 5.56 Å². The van der Waals surface area contributed by atoms with Gasteiger partial charge >= 0.3 is 0 Å². The van der Waals surface area contributed by atoms with Crippen molar-refractivity contribution in [2.75, 3.05) is 0 Å². The Labute approximate surface area is 114 Å². The van der Waals surface area contributed by atoms with Crippen LogP contribution in [0.15, 0.2) is 47.4 Å². The van der Waals surface area contributed by atoms with Crippen molar-refractivity contribution in [1.82, 2.24) is 4.57 Å². The van der Waals surface area contributed by atoms with Gasteiger partial charge < -0.3 is 4.57 Å². The summed E-state index contributed by atoms with van der Waals surface area (Å²) < 4.78 is 1.42. The minimum absolute atomic E-state index is 0.0267. The van der Waals surface area contributed by atoms with E-state index in [4.69, 9.17) is 23.2 Å². The molecule has 1 heterocycles. The van der Waals surface area contributed by atoms with Crippen molar-refractivity contribution in [3.05, 3.63) is 69.1 Å². The molecule has 0 fully saturated rings. The average Bonchev–Trinajstić information content (AvgIpc) is 2.31. The first-order valence-electron chi connectivity index (χ1n) is 5.21. The van der Waals surface area contributed by atoms with Gasteiger partial charge in [0.2, 0.25) is 0 Å². The van der Waals surface area contributed by atoms with E-state index in [0.717, 1.165) is 5.56 Å². The number of carbonyl (C=O) groups excluding carboxylic acids is 1. The van der Waals surface area contributed by atoms with Gasteiger partial charge in [-0.2, -0.15) is 0 Å². The Morgan fingerprint density at radius 3 is 2.67 bits per heavy atom. The number of nitrogens with zero attached hydrogens (tertiary/aromatic N) is 1. The average molecular weight is 282 g/mol. The van der Waals surface area contributed by atoms with Crippen LogP contribution in [-0.4, -0.2) is 9.81 Å². The lowest BCUT2D eigenvalue weighted by Gasteiger charge is -2.06. The molecule has 1 aromatic heterocycles. The molecule has 0 aliphatic rings. The molecule has 0 atom stereocenters. The molecular formula is C13H9Cl2NO2. The monoisotopic (exact) mass is 281 g/mol. The van der Waals surface area contributed by atoms with Crippen LogP contribution in [0.3, 0.4) is 0 Å². The highest BCUT2D eigenvalue weighted by Crippen LogP contribution is 2.11. The van der Waals surface area contributed by atoms with Crippen LogP contribution in [0, 0.1) is 0 Å². The van der Waals surface area contributed by atoms with Gasteiger partial charge in [-0.25, -0.2) is 0 Å². The van der Waals surface area contributed by atoms with Crippen LogP contribution in [0.1, 0.15) is 15.9 Å². The molecule has 0 aliphatic carbocycles. The highest BCUT2D eigenvalue weighted by molar-refractivity contribution is 6.67. The number of pyridine rings is 1. The Morgan fingerprint density at radius 2 is 2.00 bits per heavy atom. The van der Waals surface area contributed by atoms with E-state index < -0.39 is 10.8 Å². The number of hydrogen-bond donors (Lipinski definition) is 0. The molecule has 0 spiro atoms. The normalized spacial score (nSPS) is 10.3. The number of benzene rings is 1. The first-order valence-corrected chi connectivity index (χ1v) is 5.97. The zero-order valence-electron chi connectivity index (χ0n) is 9.27. The van der Waals surface area contributed by atoms with Crippen molar-refractivity contribution in [1.29, 1.82) is 0 Å². The summed E-state index contributed by atoms with van der Waals surface area (Å²) >= 11 is 11.2. The maximum Gasteiger partial charge on any atom is 0.263 e. The van der Waals surface area contributed by atoms with Gasteiger partial charge in [-0.15, -0.1) is 0 Å². The summed E-state index contributed by atoms with van der Waals surface area (Å²) in [5.41, 5.74) is 0.447. The summed E-state index contributed by atoms with van der Waals surface area (Å²) in [6.45, 7) is 0.345. The lowest BCUT2D eigenvalue weighted by atomic mass is 10.2. The van der Waals surface area contributed by atoms with E-state index in [1.807, 2.05) is 6.07 Å². The summed E-state index contributed by atoms with van der Waals surface area (Å²) in [6, 6.07) is 10.2. The third-order valence-corrected chi connectivity index (χ3v) is 2.91. The van der Waals surface area contributed by atoms with E-state index in [1.165, 1.54) is 10.6 Å². The van der Waals surface area contributed by atoms with Crippen molar-refractivity contribution in [3.8, 4) is 0 Å². The molecule has 0 aliphatic heterocycles. The van der Waals surface area contributed by atoms with Gasteiger partial charge in [0.25, 0.3) is 10.8 Å². The highest BCUT2D eigenvalue weighted by Gasteiger charge is 2.09. The number of rotatable bonds is 3. The van der Waals surface area contributed by atoms with Crippen LogP contribution < -0.4 is 5.56 Å². The summed E-state index contributed by atoms with van der Waals surface area (Å²) in [7, 11) is 0. The van der Waals surface area contributed by atoms with Crippen LogP contribution in [-0.2, 0) is 6.54 Å². The molecule has 2 aromatic rings. The van der Waals surface area contributed by atoms with E-state index in [0.29, 0.717) is 11.6 Å². The molecule has 2 rings (SSSR count). The van der Waals surface area contributed by atoms with Gasteiger partial charge in [-0.05, 0) is 41.4 Å². The summed E-state index contributed by atoms with van der Waals surface area (Å²) in [4.78, 5) is 23.0. The predicted molar refractivity (Wildman–Crippen MR) is 71.4 cm³/mol. The molecular weight excluding hydrogens is 273 g/mol. The van der Waals surface area contributed by atoms with Crippen molar-refractivity contribution in [3.63, 3.8) is 0 Å². The third kappa shape index (κ3) is 2.81. The zero-order chi connectivity index (χ0) is 13.1. The molecule has 0 unspecified atom stereocenters. The lowest BCUT2D eigenvalue weighted by Crippen LogP contribution is -2.24. The Hall–Kier alpha value is -1.58. The summed E-state index contributed by atoms with van der Waals surface area (Å²) in [6.07, 6.45) is 1.60. The van der Waals surface area contributed by atoms with Gasteiger partial charge in [0.1, 0.15) is 0 Å². The molecule has 0 amide bonds. The second-order valence-corrected chi connectivity index (χ2v) is 4.54. The molecule has 0 radical (unpaired) electrons. The standard InChI is InChI=1S/C13H9Cl2NO2/c14-10-4-1-3-9(7-10)8-16-6-2-5-11(12(15)17)13(16)18/h1-7H,8H2. The predicted octanol–water partition coefficient (Wildman–Crippen LogP) is 2.93. The van der Waals surface area contributed by atoms with Gasteiger partial charge in [0.05, 0.1) is 12.1 Å². The molecule has 3 nitrogen and oxygen atoms in total. The SMILES string of the molecule is O=C(Cl)c1cccn(Cc2cccc(Cl)c2)c1=O. The molecule has 5 heteroatoms. The van der Waals surface area contributed by atoms with Crippen LogP contribution in [0.25, 0.3) is 0 Å². The van der Waals surface area contributed by atoms with Gasteiger partial charge in [0.15, 0.2) is 0 Å². The molecule has 0 saturated carbocycles. The Balaban J connectivity index is 2.38. The molecule has 0 bridgehead atoms. The van der Waals surface area contributed by atoms with E-state index in [9.17, 15) is 9.59 Å². The molecule has 0 saturated heterocycles. The first-order chi connectivity index (χ1) is 8.58. The van der Waals surface area contributed by atoms with Crippen molar-refractivity contribution in [2.45, 2.75) is 6.54 Å². The fourth-order valence-electron chi connectivity index (χ4n) is 1.64. The highest BCUT2D eigenvalue weighted by atomic mass is 35.5. The fourth-order valence-corrected chi connectivity index (χ4v) is 2.00. The molecule has 18 heavy (non-hydrogen) atoms. The minimum atomic E-state index is -0.750. The quantitative estimate of drug-likeness (QED) is 0.812. The zero-order valence-corrected chi connectivity index (χ0v) is 10.8. The number of aromatic nitrogens is 1. The van der Waals surface area contributed by atoms with Gasteiger partial charge in [0, 0.05) is 11.2 Å². The van der Waals surface area contributed by atoms with Crippen molar-refractivity contribution < 1.29 is 4.79 Å². The Kier molecular flexibility index (Phi) is 3.84. The Morgan fingerprint density at radius 1 is 1.22 bits per heavy atom.